The molecule has 0 bridgehead atoms. The summed E-state index contributed by atoms with van der Waals surface area (Å²) in [4.78, 5) is 20.2. The van der Waals surface area contributed by atoms with Gasteiger partial charge in [-0.05, 0) is 59.7 Å². The van der Waals surface area contributed by atoms with Crippen molar-refractivity contribution in [3.8, 4) is 5.75 Å². The molecule has 1 aliphatic heterocycles. The van der Waals surface area contributed by atoms with Gasteiger partial charge in [0.15, 0.2) is 0 Å². The van der Waals surface area contributed by atoms with E-state index >= 15 is 0 Å². The average Bonchev–Trinajstić information content (AvgIpc) is 3.15. The van der Waals surface area contributed by atoms with E-state index in [2.05, 4.69) is 0 Å². The Kier molecular flexibility index (Phi) is 6.03. The number of phenols is 1. The minimum Gasteiger partial charge on any atom is -0.508 e. The van der Waals surface area contributed by atoms with Crippen molar-refractivity contribution in [3.05, 3.63) is 99.5 Å². The van der Waals surface area contributed by atoms with Crippen LogP contribution in [0.2, 0.25) is 10.0 Å². The van der Waals surface area contributed by atoms with Crippen LogP contribution in [0.15, 0.2) is 77.8 Å². The zero-order chi connectivity index (χ0) is 22.1. The molecule has 1 amide bonds. The number of phenolic OH excluding ortho intramolecular Hbond substituents is 1. The number of hydrogen-bond acceptors (Lipinski definition) is 3. The summed E-state index contributed by atoms with van der Waals surface area (Å²) in [7, 11) is 0. The molecule has 0 fully saturated rings. The van der Waals surface area contributed by atoms with E-state index in [1.807, 2.05) is 62.4 Å². The van der Waals surface area contributed by atoms with Gasteiger partial charge in [-0.2, -0.15) is 0 Å². The van der Waals surface area contributed by atoms with E-state index in [0.29, 0.717) is 15.9 Å². The number of rotatable bonds is 4. The number of benzene rings is 3. The predicted octanol–water partition coefficient (Wildman–Crippen LogP) is 6.43. The Morgan fingerprint density at radius 3 is 1.90 bits per heavy atom. The van der Waals surface area contributed by atoms with E-state index in [1.54, 1.807) is 29.2 Å². The third kappa shape index (κ3) is 4.32. The second kappa shape index (κ2) is 8.74. The van der Waals surface area contributed by atoms with Gasteiger partial charge in [-0.3, -0.25) is 14.7 Å². The molecule has 31 heavy (non-hydrogen) atoms. The fourth-order valence-corrected chi connectivity index (χ4v) is 4.04. The van der Waals surface area contributed by atoms with E-state index in [1.165, 1.54) is 0 Å². The van der Waals surface area contributed by atoms with Gasteiger partial charge in [-0.1, -0.05) is 61.3 Å². The summed E-state index contributed by atoms with van der Waals surface area (Å²) in [5.41, 5.74) is 2.66. The predicted molar refractivity (Wildman–Crippen MR) is 125 cm³/mol. The summed E-state index contributed by atoms with van der Waals surface area (Å²) < 4.78 is 0. The monoisotopic (exact) mass is 452 g/mol. The molecule has 0 aliphatic carbocycles. The Morgan fingerprint density at radius 1 is 0.871 bits per heavy atom. The highest BCUT2D eigenvalue weighted by Gasteiger charge is 2.42. The number of aliphatic imine (C=N–C) groups is 1. The van der Waals surface area contributed by atoms with Crippen LogP contribution >= 0.6 is 23.2 Å². The highest BCUT2D eigenvalue weighted by atomic mass is 35.5. The molecule has 1 heterocycles. The Labute approximate surface area is 191 Å². The first-order chi connectivity index (χ1) is 14.8. The second-order valence-corrected chi connectivity index (χ2v) is 8.73. The lowest BCUT2D eigenvalue weighted by atomic mass is 9.93. The normalized spacial score (nSPS) is 18.4. The molecule has 0 radical (unpaired) electrons. The molecule has 3 aromatic carbocycles. The number of aromatic hydroxyl groups is 1. The Balaban J connectivity index is 1.90. The standard InChI is InChI=1S/C25H22Cl2N2O2/c1-15(2)25(31)29-23(17-5-11-20(27)12-6-17)22(16-3-9-19(26)10-4-16)28-24(29)18-7-13-21(30)14-8-18/h3-15,22-23,30H,1-2H3. The van der Waals surface area contributed by atoms with Crippen LogP contribution in [-0.2, 0) is 4.79 Å². The quantitative estimate of drug-likeness (QED) is 0.495. The van der Waals surface area contributed by atoms with Gasteiger partial charge >= 0.3 is 0 Å². The molecule has 0 saturated heterocycles. The number of halogens is 2. The van der Waals surface area contributed by atoms with E-state index in [9.17, 15) is 9.90 Å². The SMILES string of the molecule is CC(C)C(=O)N1C(c2ccc(O)cc2)=NC(c2ccc(Cl)cc2)C1c1ccc(Cl)cc1. The topological polar surface area (TPSA) is 52.9 Å². The first-order valence-electron chi connectivity index (χ1n) is 10.1. The molecule has 4 rings (SSSR count). The number of nitrogens with zero attached hydrogens (tertiary/aromatic N) is 2. The minimum atomic E-state index is -0.336. The van der Waals surface area contributed by atoms with Crippen LogP contribution in [0.4, 0.5) is 0 Å². The second-order valence-electron chi connectivity index (χ2n) is 7.86. The maximum absolute atomic E-state index is 13.4. The summed E-state index contributed by atoms with van der Waals surface area (Å²) in [5.74, 6) is 0.496. The lowest BCUT2D eigenvalue weighted by molar-refractivity contribution is -0.132. The number of amides is 1. The molecule has 2 unspecified atom stereocenters. The van der Waals surface area contributed by atoms with Gasteiger partial charge < -0.3 is 5.11 Å². The van der Waals surface area contributed by atoms with Gasteiger partial charge in [-0.25, -0.2) is 0 Å². The summed E-state index contributed by atoms with van der Waals surface area (Å²) in [6.07, 6.45) is 0. The van der Waals surface area contributed by atoms with Gasteiger partial charge in [0.25, 0.3) is 0 Å². The van der Waals surface area contributed by atoms with E-state index < -0.39 is 0 Å². The summed E-state index contributed by atoms with van der Waals surface area (Å²) in [6.45, 7) is 3.76. The van der Waals surface area contributed by atoms with Crippen molar-refractivity contribution in [1.82, 2.24) is 4.90 Å². The zero-order valence-electron chi connectivity index (χ0n) is 17.2. The molecule has 0 spiro atoms. The molecule has 2 atom stereocenters. The van der Waals surface area contributed by atoms with Crippen molar-refractivity contribution in [1.29, 1.82) is 0 Å². The van der Waals surface area contributed by atoms with Crippen LogP contribution in [0.25, 0.3) is 0 Å². The van der Waals surface area contributed by atoms with E-state index in [-0.39, 0.29) is 29.7 Å². The van der Waals surface area contributed by atoms with Crippen molar-refractivity contribution >= 4 is 34.9 Å². The molecule has 0 saturated carbocycles. The first kappa shape index (κ1) is 21.4. The number of carbonyl (C=O) groups excluding carboxylic acids is 1. The molecule has 3 aromatic rings. The third-order valence-corrected chi connectivity index (χ3v) is 5.85. The van der Waals surface area contributed by atoms with Crippen LogP contribution in [0.1, 0.15) is 42.6 Å². The Hall–Kier alpha value is -2.82. The highest BCUT2D eigenvalue weighted by Crippen LogP contribution is 2.44. The van der Waals surface area contributed by atoms with Crippen LogP contribution in [0.3, 0.4) is 0 Å². The number of amidine groups is 1. The summed E-state index contributed by atoms with van der Waals surface area (Å²) in [6, 6.07) is 21.2. The van der Waals surface area contributed by atoms with Gasteiger partial charge in [-0.15, -0.1) is 0 Å². The van der Waals surface area contributed by atoms with E-state index in [0.717, 1.165) is 16.7 Å². The summed E-state index contributed by atoms with van der Waals surface area (Å²) >= 11 is 12.2. The van der Waals surface area contributed by atoms with Crippen molar-refractivity contribution in [2.75, 3.05) is 0 Å². The molecule has 158 valence electrons. The average molecular weight is 453 g/mol. The summed E-state index contributed by atoms with van der Waals surface area (Å²) in [5, 5.41) is 11.0. The van der Waals surface area contributed by atoms with Gasteiger partial charge in [0.05, 0.1) is 6.04 Å². The molecule has 6 heteroatoms. The van der Waals surface area contributed by atoms with Crippen LogP contribution < -0.4 is 0 Å². The molecular weight excluding hydrogens is 431 g/mol. The molecule has 1 aliphatic rings. The maximum atomic E-state index is 13.4. The molecular formula is C25H22Cl2N2O2. The minimum absolute atomic E-state index is 0.0248. The number of hydrogen-bond donors (Lipinski definition) is 1. The maximum Gasteiger partial charge on any atom is 0.231 e. The van der Waals surface area contributed by atoms with Crippen molar-refractivity contribution in [2.45, 2.75) is 25.9 Å². The molecule has 1 N–H and O–H groups in total. The fourth-order valence-electron chi connectivity index (χ4n) is 3.79. The lowest BCUT2D eigenvalue weighted by Gasteiger charge is -2.31. The highest BCUT2D eigenvalue weighted by molar-refractivity contribution is 6.30. The van der Waals surface area contributed by atoms with Gasteiger partial charge in [0, 0.05) is 21.5 Å². The smallest absolute Gasteiger partial charge is 0.231 e. The lowest BCUT2D eigenvalue weighted by Crippen LogP contribution is -2.40. The van der Waals surface area contributed by atoms with Gasteiger partial charge in [0.2, 0.25) is 5.91 Å². The Morgan fingerprint density at radius 2 is 1.39 bits per heavy atom. The first-order valence-corrected chi connectivity index (χ1v) is 10.8. The molecule has 4 nitrogen and oxygen atoms in total. The van der Waals surface area contributed by atoms with Crippen molar-refractivity contribution < 1.29 is 9.90 Å². The van der Waals surface area contributed by atoms with Crippen LogP contribution in [-0.4, -0.2) is 21.7 Å². The largest absolute Gasteiger partial charge is 0.508 e. The Bertz CT molecular complexity index is 1110. The number of carbonyl (C=O) groups is 1. The van der Waals surface area contributed by atoms with Crippen molar-refractivity contribution in [2.24, 2.45) is 10.9 Å². The van der Waals surface area contributed by atoms with Crippen LogP contribution in [0, 0.1) is 5.92 Å². The van der Waals surface area contributed by atoms with E-state index in [4.69, 9.17) is 28.2 Å². The molecule has 0 aromatic heterocycles. The van der Waals surface area contributed by atoms with Crippen molar-refractivity contribution in [3.63, 3.8) is 0 Å². The zero-order valence-corrected chi connectivity index (χ0v) is 18.7. The van der Waals surface area contributed by atoms with Crippen LogP contribution in [0.5, 0.6) is 5.75 Å². The van der Waals surface area contributed by atoms with Gasteiger partial charge in [0.1, 0.15) is 17.6 Å². The fraction of sp³-hybridized carbons (Fsp3) is 0.200. The third-order valence-electron chi connectivity index (χ3n) is 5.35.